The second kappa shape index (κ2) is 4.82. The van der Waals surface area contributed by atoms with Crippen molar-refractivity contribution in [2.75, 3.05) is 5.88 Å². The SMILES string of the molecule is C=CC(C)(CCl)CC(C)CC. The summed E-state index contributed by atoms with van der Waals surface area (Å²) in [6, 6.07) is 0. The molecule has 0 N–H and O–H groups in total. The van der Waals surface area contributed by atoms with Crippen molar-refractivity contribution >= 4 is 11.6 Å². The van der Waals surface area contributed by atoms with Gasteiger partial charge in [0.2, 0.25) is 0 Å². The van der Waals surface area contributed by atoms with E-state index in [0.29, 0.717) is 5.88 Å². The molecule has 0 aromatic rings. The van der Waals surface area contributed by atoms with Crippen LogP contribution in [-0.2, 0) is 0 Å². The predicted molar refractivity (Wildman–Crippen MR) is 53.1 cm³/mol. The molecule has 0 saturated heterocycles. The molecular weight excluding hydrogens is 156 g/mol. The molecule has 0 heterocycles. The number of allylic oxidation sites excluding steroid dienone is 1. The lowest BCUT2D eigenvalue weighted by molar-refractivity contribution is 0.348. The zero-order chi connectivity index (χ0) is 8.91. The molecule has 0 fully saturated rings. The highest BCUT2D eigenvalue weighted by Gasteiger charge is 2.20. The van der Waals surface area contributed by atoms with Crippen molar-refractivity contribution in [1.29, 1.82) is 0 Å². The Balaban J connectivity index is 3.96. The second-order valence-corrected chi connectivity index (χ2v) is 3.98. The molecule has 0 nitrogen and oxygen atoms in total. The van der Waals surface area contributed by atoms with Gasteiger partial charge in [-0.15, -0.1) is 18.2 Å². The zero-order valence-electron chi connectivity index (χ0n) is 7.86. The van der Waals surface area contributed by atoms with Crippen LogP contribution in [0.2, 0.25) is 0 Å². The van der Waals surface area contributed by atoms with Crippen molar-refractivity contribution in [1.82, 2.24) is 0 Å². The molecule has 11 heavy (non-hydrogen) atoms. The van der Waals surface area contributed by atoms with E-state index in [4.69, 9.17) is 11.6 Å². The third-order valence-corrected chi connectivity index (χ3v) is 2.92. The van der Waals surface area contributed by atoms with E-state index >= 15 is 0 Å². The van der Waals surface area contributed by atoms with E-state index in [-0.39, 0.29) is 5.41 Å². The van der Waals surface area contributed by atoms with Gasteiger partial charge in [-0.1, -0.05) is 33.3 Å². The Labute approximate surface area is 75.6 Å². The average molecular weight is 175 g/mol. The van der Waals surface area contributed by atoms with Crippen LogP contribution in [0.4, 0.5) is 0 Å². The van der Waals surface area contributed by atoms with E-state index in [1.54, 1.807) is 0 Å². The first-order valence-electron chi connectivity index (χ1n) is 4.27. The van der Waals surface area contributed by atoms with Gasteiger partial charge in [-0.2, -0.15) is 0 Å². The fourth-order valence-electron chi connectivity index (χ4n) is 1.13. The standard InChI is InChI=1S/C10H19Cl/c1-5-9(3)7-10(4,6-2)8-11/h6,9H,2,5,7-8H2,1,3-4H3. The molecule has 0 aromatic heterocycles. The molecule has 0 aliphatic rings. The molecule has 0 aliphatic heterocycles. The highest BCUT2D eigenvalue weighted by atomic mass is 35.5. The lowest BCUT2D eigenvalue weighted by atomic mass is 9.82. The second-order valence-electron chi connectivity index (χ2n) is 3.71. The molecule has 0 saturated carbocycles. The highest BCUT2D eigenvalue weighted by molar-refractivity contribution is 6.18. The van der Waals surface area contributed by atoms with Gasteiger partial charge in [-0.3, -0.25) is 0 Å². The van der Waals surface area contributed by atoms with Crippen LogP contribution in [0, 0.1) is 11.3 Å². The molecule has 0 aliphatic carbocycles. The van der Waals surface area contributed by atoms with Crippen LogP contribution >= 0.6 is 11.6 Å². The lowest BCUT2D eigenvalue weighted by Crippen LogP contribution is -2.18. The summed E-state index contributed by atoms with van der Waals surface area (Å²) in [7, 11) is 0. The Hall–Kier alpha value is 0.0300. The first kappa shape index (κ1) is 11.0. The van der Waals surface area contributed by atoms with Gasteiger partial charge in [0.25, 0.3) is 0 Å². The number of alkyl halides is 1. The Kier molecular flexibility index (Phi) is 4.83. The van der Waals surface area contributed by atoms with Crippen molar-refractivity contribution in [2.24, 2.45) is 11.3 Å². The topological polar surface area (TPSA) is 0 Å². The first-order chi connectivity index (χ1) is 5.08. The van der Waals surface area contributed by atoms with E-state index in [1.807, 2.05) is 6.08 Å². The first-order valence-corrected chi connectivity index (χ1v) is 4.81. The Morgan fingerprint density at radius 3 is 2.45 bits per heavy atom. The van der Waals surface area contributed by atoms with Crippen molar-refractivity contribution < 1.29 is 0 Å². The fraction of sp³-hybridized carbons (Fsp3) is 0.800. The van der Waals surface area contributed by atoms with Crippen LogP contribution in [0.25, 0.3) is 0 Å². The fourth-order valence-corrected chi connectivity index (χ4v) is 1.35. The third kappa shape index (κ3) is 3.81. The van der Waals surface area contributed by atoms with E-state index in [0.717, 1.165) is 12.3 Å². The average Bonchev–Trinajstić information content (AvgIpc) is 2.04. The quantitative estimate of drug-likeness (QED) is 0.439. The molecule has 0 aromatic carbocycles. The summed E-state index contributed by atoms with van der Waals surface area (Å²) in [4.78, 5) is 0. The van der Waals surface area contributed by atoms with Gasteiger partial charge in [0.15, 0.2) is 0 Å². The van der Waals surface area contributed by atoms with E-state index in [2.05, 4.69) is 27.4 Å². The minimum Gasteiger partial charge on any atom is -0.126 e. The Morgan fingerprint density at radius 2 is 2.18 bits per heavy atom. The van der Waals surface area contributed by atoms with Gasteiger partial charge in [0.1, 0.15) is 0 Å². The van der Waals surface area contributed by atoms with E-state index in [1.165, 1.54) is 6.42 Å². The summed E-state index contributed by atoms with van der Waals surface area (Å²) in [5.74, 6) is 1.43. The molecule has 0 spiro atoms. The van der Waals surface area contributed by atoms with Gasteiger partial charge in [-0.05, 0) is 17.8 Å². The number of hydrogen-bond acceptors (Lipinski definition) is 0. The third-order valence-electron chi connectivity index (χ3n) is 2.31. The molecule has 0 bridgehead atoms. The smallest absolute Gasteiger partial charge is 0.0311 e. The lowest BCUT2D eigenvalue weighted by Gasteiger charge is -2.25. The Morgan fingerprint density at radius 1 is 1.64 bits per heavy atom. The summed E-state index contributed by atoms with van der Waals surface area (Å²) in [6.45, 7) is 10.4. The van der Waals surface area contributed by atoms with Gasteiger partial charge in [0.05, 0.1) is 0 Å². The van der Waals surface area contributed by atoms with E-state index < -0.39 is 0 Å². The van der Waals surface area contributed by atoms with Gasteiger partial charge in [-0.25, -0.2) is 0 Å². The summed E-state index contributed by atoms with van der Waals surface area (Å²) >= 11 is 5.84. The minimum absolute atomic E-state index is 0.136. The van der Waals surface area contributed by atoms with Crippen molar-refractivity contribution in [3.63, 3.8) is 0 Å². The normalized spacial score (nSPS) is 18.9. The number of halogens is 1. The number of rotatable bonds is 5. The monoisotopic (exact) mass is 174 g/mol. The zero-order valence-corrected chi connectivity index (χ0v) is 8.62. The van der Waals surface area contributed by atoms with Crippen molar-refractivity contribution in [3.05, 3.63) is 12.7 Å². The maximum absolute atomic E-state index is 5.84. The van der Waals surface area contributed by atoms with E-state index in [9.17, 15) is 0 Å². The van der Waals surface area contributed by atoms with Crippen molar-refractivity contribution in [2.45, 2.75) is 33.6 Å². The van der Waals surface area contributed by atoms with Crippen LogP contribution in [0.15, 0.2) is 12.7 Å². The summed E-state index contributed by atoms with van der Waals surface area (Å²) in [6.07, 6.45) is 4.35. The van der Waals surface area contributed by atoms with Crippen LogP contribution in [0.5, 0.6) is 0 Å². The van der Waals surface area contributed by atoms with Crippen molar-refractivity contribution in [3.8, 4) is 0 Å². The summed E-state index contributed by atoms with van der Waals surface area (Å²) in [5, 5.41) is 0. The van der Waals surface area contributed by atoms with Crippen LogP contribution < -0.4 is 0 Å². The van der Waals surface area contributed by atoms with Crippen LogP contribution in [-0.4, -0.2) is 5.88 Å². The maximum Gasteiger partial charge on any atom is 0.0311 e. The molecular formula is C10H19Cl. The molecule has 0 radical (unpaired) electrons. The summed E-state index contributed by atoms with van der Waals surface area (Å²) < 4.78 is 0. The van der Waals surface area contributed by atoms with Gasteiger partial charge < -0.3 is 0 Å². The predicted octanol–water partition coefficient (Wildman–Crippen LogP) is 3.85. The molecule has 2 unspecified atom stereocenters. The summed E-state index contributed by atoms with van der Waals surface area (Å²) in [5.41, 5.74) is 0.136. The molecule has 0 amide bonds. The highest BCUT2D eigenvalue weighted by Crippen LogP contribution is 2.29. The van der Waals surface area contributed by atoms with Crippen LogP contribution in [0.3, 0.4) is 0 Å². The van der Waals surface area contributed by atoms with Gasteiger partial charge in [0, 0.05) is 5.88 Å². The molecule has 1 heteroatoms. The van der Waals surface area contributed by atoms with Crippen LogP contribution in [0.1, 0.15) is 33.6 Å². The minimum atomic E-state index is 0.136. The molecule has 66 valence electrons. The molecule has 0 rings (SSSR count). The number of hydrogen-bond donors (Lipinski definition) is 0. The maximum atomic E-state index is 5.84. The largest absolute Gasteiger partial charge is 0.126 e. The Bertz CT molecular complexity index is 120. The molecule has 2 atom stereocenters. The van der Waals surface area contributed by atoms with Gasteiger partial charge >= 0.3 is 0 Å².